The SMILES string of the molecule is NNc1cc(N(CCO)C2CC2)nc(N)n1. The molecular weight excluding hydrogens is 208 g/mol. The number of hydrazine groups is 1. The van der Waals surface area contributed by atoms with E-state index in [2.05, 4.69) is 15.4 Å². The standard InChI is InChI=1S/C9H16N6O/c10-9-12-7(14-11)5-8(13-9)15(3-4-16)6-1-2-6/h5-6,16H,1-4,11H2,(H3,10,12,13,14). The van der Waals surface area contributed by atoms with Crippen molar-refractivity contribution in [2.24, 2.45) is 5.84 Å². The molecule has 0 spiro atoms. The van der Waals surface area contributed by atoms with E-state index in [1.165, 1.54) is 0 Å². The van der Waals surface area contributed by atoms with Gasteiger partial charge < -0.3 is 21.2 Å². The minimum Gasteiger partial charge on any atom is -0.395 e. The number of nitrogens with zero attached hydrogens (tertiary/aromatic N) is 3. The van der Waals surface area contributed by atoms with Crippen LogP contribution in [0.25, 0.3) is 0 Å². The van der Waals surface area contributed by atoms with Crippen LogP contribution in [0.3, 0.4) is 0 Å². The minimum absolute atomic E-state index is 0.0891. The fourth-order valence-corrected chi connectivity index (χ4v) is 1.65. The van der Waals surface area contributed by atoms with Gasteiger partial charge in [-0.05, 0) is 12.8 Å². The first-order chi connectivity index (χ1) is 7.74. The summed E-state index contributed by atoms with van der Waals surface area (Å²) in [5, 5.41) is 9.01. The highest BCUT2D eigenvalue weighted by molar-refractivity contribution is 5.53. The van der Waals surface area contributed by atoms with E-state index in [1.54, 1.807) is 6.07 Å². The van der Waals surface area contributed by atoms with Crippen molar-refractivity contribution in [3.05, 3.63) is 6.07 Å². The first-order valence-corrected chi connectivity index (χ1v) is 5.23. The molecule has 0 aliphatic heterocycles. The van der Waals surface area contributed by atoms with Crippen molar-refractivity contribution in [3.8, 4) is 0 Å². The summed E-state index contributed by atoms with van der Waals surface area (Å²) in [5.41, 5.74) is 8.03. The van der Waals surface area contributed by atoms with Crippen molar-refractivity contribution in [3.63, 3.8) is 0 Å². The summed E-state index contributed by atoms with van der Waals surface area (Å²) in [6.07, 6.45) is 2.24. The average Bonchev–Trinajstić information content (AvgIpc) is 3.08. The molecule has 0 saturated heterocycles. The van der Waals surface area contributed by atoms with Crippen LogP contribution in [0.15, 0.2) is 6.07 Å². The van der Waals surface area contributed by atoms with Crippen molar-refractivity contribution >= 4 is 17.6 Å². The number of anilines is 3. The van der Waals surface area contributed by atoms with Crippen LogP contribution in [0.2, 0.25) is 0 Å². The Morgan fingerprint density at radius 2 is 2.25 bits per heavy atom. The van der Waals surface area contributed by atoms with Crippen molar-refractivity contribution in [1.82, 2.24) is 9.97 Å². The molecule has 0 amide bonds. The molecule has 1 aromatic heterocycles. The molecule has 16 heavy (non-hydrogen) atoms. The maximum Gasteiger partial charge on any atom is 0.223 e. The van der Waals surface area contributed by atoms with Gasteiger partial charge in [0.25, 0.3) is 0 Å². The molecule has 1 aliphatic carbocycles. The highest BCUT2D eigenvalue weighted by atomic mass is 16.3. The van der Waals surface area contributed by atoms with E-state index in [9.17, 15) is 0 Å². The number of rotatable bonds is 5. The van der Waals surface area contributed by atoms with E-state index >= 15 is 0 Å². The molecule has 0 atom stereocenters. The zero-order chi connectivity index (χ0) is 11.5. The van der Waals surface area contributed by atoms with Gasteiger partial charge in [-0.2, -0.15) is 9.97 Å². The molecule has 1 heterocycles. The van der Waals surface area contributed by atoms with Crippen LogP contribution in [0, 0.1) is 0 Å². The van der Waals surface area contributed by atoms with Crippen LogP contribution < -0.4 is 21.9 Å². The number of nitrogens with two attached hydrogens (primary N) is 2. The molecule has 2 rings (SSSR count). The number of hydrogen-bond acceptors (Lipinski definition) is 7. The summed E-state index contributed by atoms with van der Waals surface area (Å²) in [6, 6.07) is 2.18. The van der Waals surface area contributed by atoms with Crippen LogP contribution in [-0.4, -0.2) is 34.3 Å². The normalized spacial score (nSPS) is 14.9. The number of nitrogens with one attached hydrogen (secondary N) is 1. The van der Waals surface area contributed by atoms with E-state index in [1.807, 2.05) is 4.90 Å². The Kier molecular flexibility index (Phi) is 3.07. The number of aliphatic hydroxyl groups is 1. The third-order valence-electron chi connectivity index (χ3n) is 2.50. The Bertz CT molecular complexity index is 367. The second kappa shape index (κ2) is 4.50. The van der Waals surface area contributed by atoms with Gasteiger partial charge in [0.2, 0.25) is 5.95 Å². The average molecular weight is 224 g/mol. The summed E-state index contributed by atoms with van der Waals surface area (Å²) in [6.45, 7) is 0.636. The van der Waals surface area contributed by atoms with Gasteiger partial charge in [0.15, 0.2) is 0 Å². The van der Waals surface area contributed by atoms with Crippen LogP contribution in [0.4, 0.5) is 17.6 Å². The molecule has 1 aliphatic rings. The predicted octanol–water partition coefficient (Wildman–Crippen LogP) is -0.695. The zero-order valence-electron chi connectivity index (χ0n) is 8.93. The number of nitrogen functional groups attached to an aromatic ring is 2. The van der Waals surface area contributed by atoms with Crippen molar-refractivity contribution < 1.29 is 5.11 Å². The van der Waals surface area contributed by atoms with Gasteiger partial charge in [0.1, 0.15) is 11.6 Å². The lowest BCUT2D eigenvalue weighted by molar-refractivity contribution is 0.301. The van der Waals surface area contributed by atoms with Crippen LogP contribution in [-0.2, 0) is 0 Å². The Morgan fingerprint density at radius 1 is 1.50 bits per heavy atom. The minimum atomic E-state index is 0.0891. The van der Waals surface area contributed by atoms with E-state index in [0.717, 1.165) is 12.8 Å². The van der Waals surface area contributed by atoms with Crippen LogP contribution >= 0.6 is 0 Å². The van der Waals surface area contributed by atoms with Crippen LogP contribution in [0.1, 0.15) is 12.8 Å². The van der Waals surface area contributed by atoms with E-state index in [4.69, 9.17) is 16.7 Å². The number of hydrogen-bond donors (Lipinski definition) is 4. The molecule has 88 valence electrons. The lowest BCUT2D eigenvalue weighted by Gasteiger charge is -2.22. The molecule has 1 saturated carbocycles. The van der Waals surface area contributed by atoms with Crippen molar-refractivity contribution in [1.29, 1.82) is 0 Å². The second-order valence-corrected chi connectivity index (χ2v) is 3.76. The van der Waals surface area contributed by atoms with E-state index in [0.29, 0.717) is 24.2 Å². The van der Waals surface area contributed by atoms with Gasteiger partial charge in [-0.1, -0.05) is 0 Å². The highest BCUT2D eigenvalue weighted by Gasteiger charge is 2.30. The van der Waals surface area contributed by atoms with Gasteiger partial charge in [0.05, 0.1) is 6.61 Å². The monoisotopic (exact) mass is 224 g/mol. The summed E-state index contributed by atoms with van der Waals surface area (Å²) >= 11 is 0. The molecular formula is C9H16N6O. The summed E-state index contributed by atoms with van der Waals surface area (Å²) in [4.78, 5) is 10.1. The predicted molar refractivity (Wildman–Crippen MR) is 61.7 cm³/mol. The van der Waals surface area contributed by atoms with Crippen LogP contribution in [0.5, 0.6) is 0 Å². The maximum absolute atomic E-state index is 9.01. The lowest BCUT2D eigenvalue weighted by Crippen LogP contribution is -2.30. The lowest BCUT2D eigenvalue weighted by atomic mass is 10.4. The summed E-state index contributed by atoms with van der Waals surface area (Å²) < 4.78 is 0. The van der Waals surface area contributed by atoms with Gasteiger partial charge in [0, 0.05) is 18.7 Å². The molecule has 7 nitrogen and oxygen atoms in total. The van der Waals surface area contributed by atoms with E-state index < -0.39 is 0 Å². The topological polar surface area (TPSA) is 113 Å². The smallest absolute Gasteiger partial charge is 0.223 e. The maximum atomic E-state index is 9.01. The first-order valence-electron chi connectivity index (χ1n) is 5.23. The van der Waals surface area contributed by atoms with E-state index in [-0.39, 0.29) is 12.6 Å². The van der Waals surface area contributed by atoms with Crippen molar-refractivity contribution in [2.45, 2.75) is 18.9 Å². The molecule has 0 radical (unpaired) electrons. The number of aromatic nitrogens is 2. The quantitative estimate of drug-likeness (QED) is 0.386. The third kappa shape index (κ3) is 2.31. The van der Waals surface area contributed by atoms with Crippen molar-refractivity contribution in [2.75, 3.05) is 29.2 Å². The molecule has 6 N–H and O–H groups in total. The molecule has 0 aromatic carbocycles. The molecule has 7 heteroatoms. The second-order valence-electron chi connectivity index (χ2n) is 3.76. The number of aliphatic hydroxyl groups excluding tert-OH is 1. The Morgan fingerprint density at radius 3 is 2.81 bits per heavy atom. The summed E-state index contributed by atoms with van der Waals surface area (Å²) in [7, 11) is 0. The summed E-state index contributed by atoms with van der Waals surface area (Å²) in [5.74, 6) is 6.65. The van der Waals surface area contributed by atoms with Gasteiger partial charge >= 0.3 is 0 Å². The van der Waals surface area contributed by atoms with Gasteiger partial charge in [-0.15, -0.1) is 0 Å². The zero-order valence-corrected chi connectivity index (χ0v) is 8.93. The largest absolute Gasteiger partial charge is 0.395 e. The molecule has 1 aromatic rings. The highest BCUT2D eigenvalue weighted by Crippen LogP contribution is 2.31. The Labute approximate surface area is 93.4 Å². The fourth-order valence-electron chi connectivity index (χ4n) is 1.65. The first kappa shape index (κ1) is 10.9. The molecule has 0 unspecified atom stereocenters. The Balaban J connectivity index is 2.25. The Hall–Kier alpha value is -1.60. The van der Waals surface area contributed by atoms with Gasteiger partial charge in [-0.25, -0.2) is 5.84 Å². The molecule has 0 bridgehead atoms. The molecule has 1 fully saturated rings. The third-order valence-corrected chi connectivity index (χ3v) is 2.50. The van der Waals surface area contributed by atoms with Gasteiger partial charge in [-0.3, -0.25) is 0 Å². The fraction of sp³-hybridized carbons (Fsp3) is 0.556.